The van der Waals surface area contributed by atoms with Crippen LogP contribution in [0.25, 0.3) is 0 Å². The summed E-state index contributed by atoms with van der Waals surface area (Å²) in [5.41, 5.74) is 3.37. The molecule has 0 saturated heterocycles. The molecule has 0 saturated carbocycles. The first-order chi connectivity index (χ1) is 9.95. The van der Waals surface area contributed by atoms with E-state index in [9.17, 15) is 8.42 Å². The highest BCUT2D eigenvalue weighted by Crippen LogP contribution is 2.27. The molecule has 1 aliphatic heterocycles. The van der Waals surface area contributed by atoms with E-state index < -0.39 is 10.0 Å². The van der Waals surface area contributed by atoms with Gasteiger partial charge in [-0.15, -0.1) is 0 Å². The van der Waals surface area contributed by atoms with Crippen molar-refractivity contribution in [3.63, 3.8) is 0 Å². The molecule has 0 unspecified atom stereocenters. The zero-order chi connectivity index (χ0) is 15.0. The highest BCUT2D eigenvalue weighted by atomic mass is 35.5. The third-order valence-electron chi connectivity index (χ3n) is 3.53. The molecule has 1 heterocycles. The zero-order valence-corrected chi connectivity index (χ0v) is 13.1. The average Bonchev–Trinajstić information content (AvgIpc) is 2.89. The molecular weight excluding hydrogens is 308 g/mol. The topological polar surface area (TPSA) is 58.2 Å². The van der Waals surface area contributed by atoms with Crippen LogP contribution in [0.1, 0.15) is 11.1 Å². The number of rotatable bonds is 3. The third kappa shape index (κ3) is 2.84. The van der Waals surface area contributed by atoms with Crippen molar-refractivity contribution in [2.75, 3.05) is 16.6 Å². The minimum atomic E-state index is -3.59. The van der Waals surface area contributed by atoms with Crippen LogP contribution in [0.5, 0.6) is 0 Å². The highest BCUT2D eigenvalue weighted by molar-refractivity contribution is 7.92. The molecule has 0 aliphatic carbocycles. The van der Waals surface area contributed by atoms with Crippen molar-refractivity contribution in [1.82, 2.24) is 0 Å². The normalized spacial score (nSPS) is 13.6. The second-order valence-electron chi connectivity index (χ2n) is 5.06. The molecule has 6 heteroatoms. The highest BCUT2D eigenvalue weighted by Gasteiger charge is 2.19. The predicted molar refractivity (Wildman–Crippen MR) is 85.6 cm³/mol. The molecule has 0 bridgehead atoms. The van der Waals surface area contributed by atoms with Crippen molar-refractivity contribution in [2.45, 2.75) is 18.2 Å². The Morgan fingerprint density at radius 1 is 1.19 bits per heavy atom. The minimum Gasteiger partial charge on any atom is -0.384 e. The summed E-state index contributed by atoms with van der Waals surface area (Å²) in [6.07, 6.45) is 0.846. The molecule has 0 amide bonds. The van der Waals surface area contributed by atoms with Crippen molar-refractivity contribution >= 4 is 33.0 Å². The van der Waals surface area contributed by atoms with Gasteiger partial charge >= 0.3 is 0 Å². The summed E-state index contributed by atoms with van der Waals surface area (Å²) in [5, 5.41) is 3.80. The summed E-state index contributed by atoms with van der Waals surface area (Å²) in [5.74, 6) is 0. The van der Waals surface area contributed by atoms with E-state index in [0.717, 1.165) is 29.8 Å². The van der Waals surface area contributed by atoms with Crippen LogP contribution in [-0.4, -0.2) is 15.0 Å². The third-order valence-corrected chi connectivity index (χ3v) is 5.13. The standard InChI is InChI=1S/C15H15ClN2O2S/c1-10-8-12(16)2-4-14(10)18-21(19,20)13-3-5-15-11(9-13)6-7-17-15/h2-5,8-9,17-18H,6-7H2,1H3. The van der Waals surface area contributed by atoms with E-state index >= 15 is 0 Å². The number of benzene rings is 2. The van der Waals surface area contributed by atoms with E-state index in [2.05, 4.69) is 10.0 Å². The van der Waals surface area contributed by atoms with Gasteiger partial charge in [0.15, 0.2) is 0 Å². The molecule has 0 aromatic heterocycles. The van der Waals surface area contributed by atoms with Crippen molar-refractivity contribution in [1.29, 1.82) is 0 Å². The van der Waals surface area contributed by atoms with Crippen molar-refractivity contribution in [2.24, 2.45) is 0 Å². The second-order valence-corrected chi connectivity index (χ2v) is 7.18. The minimum absolute atomic E-state index is 0.277. The van der Waals surface area contributed by atoms with Crippen LogP contribution in [0, 0.1) is 6.92 Å². The summed E-state index contributed by atoms with van der Waals surface area (Å²) in [6.45, 7) is 2.67. The number of nitrogens with one attached hydrogen (secondary N) is 2. The summed E-state index contributed by atoms with van der Waals surface area (Å²) in [6, 6.07) is 10.2. The van der Waals surface area contributed by atoms with Crippen LogP contribution in [0.3, 0.4) is 0 Å². The number of halogens is 1. The van der Waals surface area contributed by atoms with Gasteiger partial charge in [0, 0.05) is 17.3 Å². The fraction of sp³-hybridized carbons (Fsp3) is 0.200. The van der Waals surface area contributed by atoms with E-state index in [-0.39, 0.29) is 4.90 Å². The number of fused-ring (bicyclic) bond motifs is 1. The molecule has 3 rings (SSSR count). The summed E-state index contributed by atoms with van der Waals surface area (Å²) in [4.78, 5) is 0.277. The molecule has 0 spiro atoms. The van der Waals surface area contributed by atoms with Gasteiger partial charge in [-0.3, -0.25) is 4.72 Å². The van der Waals surface area contributed by atoms with Crippen molar-refractivity contribution in [3.05, 3.63) is 52.5 Å². The molecular formula is C15H15ClN2O2S. The first kappa shape index (κ1) is 14.2. The maximum absolute atomic E-state index is 12.5. The van der Waals surface area contributed by atoms with Gasteiger partial charge < -0.3 is 5.32 Å². The Balaban J connectivity index is 1.93. The van der Waals surface area contributed by atoms with Crippen LogP contribution in [0.4, 0.5) is 11.4 Å². The summed E-state index contributed by atoms with van der Waals surface area (Å²) in [7, 11) is -3.59. The number of hydrogen-bond donors (Lipinski definition) is 2. The van der Waals surface area contributed by atoms with E-state index in [1.165, 1.54) is 0 Å². The lowest BCUT2D eigenvalue weighted by Crippen LogP contribution is -2.14. The molecule has 1 aliphatic rings. The van der Waals surface area contributed by atoms with E-state index in [0.29, 0.717) is 10.7 Å². The Morgan fingerprint density at radius 2 is 2.00 bits per heavy atom. The Bertz CT molecular complexity index is 803. The van der Waals surface area contributed by atoms with Crippen LogP contribution in [-0.2, 0) is 16.4 Å². The van der Waals surface area contributed by atoms with Gasteiger partial charge in [-0.05, 0) is 60.9 Å². The van der Waals surface area contributed by atoms with Crippen LogP contribution in [0.15, 0.2) is 41.3 Å². The number of sulfonamides is 1. The maximum Gasteiger partial charge on any atom is 0.261 e. The van der Waals surface area contributed by atoms with Crippen LogP contribution < -0.4 is 10.0 Å². The predicted octanol–water partition coefficient (Wildman–Crippen LogP) is 3.42. The lowest BCUT2D eigenvalue weighted by atomic mass is 10.2. The van der Waals surface area contributed by atoms with Crippen molar-refractivity contribution < 1.29 is 8.42 Å². The van der Waals surface area contributed by atoms with E-state index in [1.54, 1.807) is 30.3 Å². The first-order valence-corrected chi connectivity index (χ1v) is 8.47. The Morgan fingerprint density at radius 3 is 2.76 bits per heavy atom. The number of hydrogen-bond acceptors (Lipinski definition) is 3. The second kappa shape index (κ2) is 5.24. The zero-order valence-electron chi connectivity index (χ0n) is 11.5. The fourth-order valence-electron chi connectivity index (χ4n) is 2.39. The molecule has 110 valence electrons. The monoisotopic (exact) mass is 322 g/mol. The number of anilines is 2. The van der Waals surface area contributed by atoms with Crippen molar-refractivity contribution in [3.8, 4) is 0 Å². The first-order valence-electron chi connectivity index (χ1n) is 6.61. The van der Waals surface area contributed by atoms with E-state index in [4.69, 9.17) is 11.6 Å². The molecule has 2 N–H and O–H groups in total. The lowest BCUT2D eigenvalue weighted by molar-refractivity contribution is 0.601. The van der Waals surface area contributed by atoms with E-state index in [1.807, 2.05) is 13.0 Å². The Labute approximate surface area is 129 Å². The molecule has 0 atom stereocenters. The lowest BCUT2D eigenvalue weighted by Gasteiger charge is -2.11. The Hall–Kier alpha value is -1.72. The van der Waals surface area contributed by atoms with Gasteiger partial charge in [-0.2, -0.15) is 0 Å². The largest absolute Gasteiger partial charge is 0.384 e. The molecule has 21 heavy (non-hydrogen) atoms. The smallest absolute Gasteiger partial charge is 0.261 e. The summed E-state index contributed by atoms with van der Waals surface area (Å²) < 4.78 is 27.6. The molecule has 0 radical (unpaired) electrons. The number of aryl methyl sites for hydroxylation is 1. The molecule has 4 nitrogen and oxygen atoms in total. The Kier molecular flexibility index (Phi) is 3.55. The van der Waals surface area contributed by atoms with Gasteiger partial charge in [0.2, 0.25) is 0 Å². The van der Waals surface area contributed by atoms with Gasteiger partial charge in [-0.1, -0.05) is 11.6 Å². The average molecular weight is 323 g/mol. The molecule has 2 aromatic carbocycles. The van der Waals surface area contributed by atoms with Crippen LogP contribution >= 0.6 is 11.6 Å². The van der Waals surface area contributed by atoms with Crippen LogP contribution in [0.2, 0.25) is 5.02 Å². The van der Waals surface area contributed by atoms with Gasteiger partial charge in [0.25, 0.3) is 10.0 Å². The van der Waals surface area contributed by atoms with Gasteiger partial charge in [0.05, 0.1) is 10.6 Å². The quantitative estimate of drug-likeness (QED) is 0.910. The van der Waals surface area contributed by atoms with Gasteiger partial charge in [0.1, 0.15) is 0 Å². The summed E-state index contributed by atoms with van der Waals surface area (Å²) >= 11 is 5.88. The maximum atomic E-state index is 12.5. The van der Waals surface area contributed by atoms with Gasteiger partial charge in [-0.25, -0.2) is 8.42 Å². The SMILES string of the molecule is Cc1cc(Cl)ccc1NS(=O)(=O)c1ccc2c(c1)CCN2. The molecule has 0 fully saturated rings. The molecule has 2 aromatic rings. The fourth-order valence-corrected chi connectivity index (χ4v) is 3.80.